The van der Waals surface area contributed by atoms with E-state index in [4.69, 9.17) is 4.74 Å². The lowest BCUT2D eigenvalue weighted by Crippen LogP contribution is -2.39. The van der Waals surface area contributed by atoms with Crippen molar-refractivity contribution >= 4 is 0 Å². The Labute approximate surface area is 99.5 Å². The Kier molecular flexibility index (Phi) is 4.62. The van der Waals surface area contributed by atoms with Crippen molar-refractivity contribution in [3.05, 3.63) is 0 Å². The molecule has 1 aliphatic carbocycles. The summed E-state index contributed by atoms with van der Waals surface area (Å²) in [7, 11) is 4.34. The molecule has 16 heavy (non-hydrogen) atoms. The summed E-state index contributed by atoms with van der Waals surface area (Å²) in [6.45, 7) is 3.32. The van der Waals surface area contributed by atoms with Gasteiger partial charge in [-0.2, -0.15) is 0 Å². The summed E-state index contributed by atoms with van der Waals surface area (Å²) in [6, 6.07) is 0.743. The van der Waals surface area contributed by atoms with Crippen LogP contribution in [0.3, 0.4) is 0 Å². The van der Waals surface area contributed by atoms with Crippen molar-refractivity contribution in [3.8, 4) is 0 Å². The van der Waals surface area contributed by atoms with Crippen LogP contribution in [0, 0.1) is 5.92 Å². The van der Waals surface area contributed by atoms with Crippen LogP contribution in [0.25, 0.3) is 0 Å². The van der Waals surface area contributed by atoms with Crippen molar-refractivity contribution in [3.63, 3.8) is 0 Å². The second-order valence-electron chi connectivity index (χ2n) is 5.44. The van der Waals surface area contributed by atoms with E-state index in [-0.39, 0.29) is 0 Å². The molecule has 1 heterocycles. The van der Waals surface area contributed by atoms with Gasteiger partial charge < -0.3 is 15.0 Å². The summed E-state index contributed by atoms with van der Waals surface area (Å²) in [6.07, 6.45) is 7.14. The van der Waals surface area contributed by atoms with Crippen LogP contribution in [0.5, 0.6) is 0 Å². The molecule has 0 aromatic rings. The molecule has 2 fully saturated rings. The first-order valence-electron chi connectivity index (χ1n) is 6.77. The number of rotatable bonds is 5. The van der Waals surface area contributed by atoms with Crippen LogP contribution in [0.15, 0.2) is 0 Å². The summed E-state index contributed by atoms with van der Waals surface area (Å²) < 4.78 is 5.68. The van der Waals surface area contributed by atoms with Gasteiger partial charge in [-0.05, 0) is 45.7 Å². The lowest BCUT2D eigenvalue weighted by molar-refractivity contribution is 0.0756. The third-order valence-corrected chi connectivity index (χ3v) is 4.12. The van der Waals surface area contributed by atoms with Crippen LogP contribution in [-0.2, 0) is 4.74 Å². The molecule has 0 spiro atoms. The molecule has 1 N–H and O–H groups in total. The Morgan fingerprint density at radius 1 is 1.19 bits per heavy atom. The van der Waals surface area contributed by atoms with Crippen LogP contribution in [-0.4, -0.2) is 50.8 Å². The summed E-state index contributed by atoms with van der Waals surface area (Å²) in [4.78, 5) is 2.47. The van der Waals surface area contributed by atoms with Gasteiger partial charge in [0.15, 0.2) is 0 Å². The molecule has 94 valence electrons. The van der Waals surface area contributed by atoms with E-state index in [1.165, 1.54) is 38.6 Å². The van der Waals surface area contributed by atoms with Crippen LogP contribution < -0.4 is 5.32 Å². The van der Waals surface area contributed by atoms with Gasteiger partial charge in [-0.1, -0.05) is 6.42 Å². The highest BCUT2D eigenvalue weighted by Crippen LogP contribution is 2.26. The van der Waals surface area contributed by atoms with Gasteiger partial charge in [0.25, 0.3) is 0 Å². The molecule has 1 saturated carbocycles. The third kappa shape index (κ3) is 3.19. The van der Waals surface area contributed by atoms with Crippen molar-refractivity contribution < 1.29 is 4.74 Å². The van der Waals surface area contributed by atoms with E-state index in [0.29, 0.717) is 6.10 Å². The zero-order valence-corrected chi connectivity index (χ0v) is 10.7. The first-order chi connectivity index (χ1) is 7.79. The molecule has 0 aromatic heterocycles. The number of nitrogens with one attached hydrogen (secondary N) is 1. The van der Waals surface area contributed by atoms with E-state index in [0.717, 1.165) is 25.1 Å². The lowest BCUT2D eigenvalue weighted by atomic mass is 10.0. The van der Waals surface area contributed by atoms with E-state index < -0.39 is 0 Å². The maximum Gasteiger partial charge on any atom is 0.0702 e. The van der Waals surface area contributed by atoms with E-state index in [2.05, 4.69) is 24.3 Å². The molecule has 3 atom stereocenters. The van der Waals surface area contributed by atoms with Crippen molar-refractivity contribution in [2.45, 2.75) is 44.2 Å². The summed E-state index contributed by atoms with van der Waals surface area (Å²) >= 11 is 0. The predicted octanol–water partition coefficient (Wildman–Crippen LogP) is 1.49. The van der Waals surface area contributed by atoms with Gasteiger partial charge in [0.2, 0.25) is 0 Å². The van der Waals surface area contributed by atoms with E-state index in [1.54, 1.807) is 0 Å². The van der Waals surface area contributed by atoms with Crippen molar-refractivity contribution in [1.29, 1.82) is 0 Å². The number of hydrogen-bond donors (Lipinski definition) is 1. The summed E-state index contributed by atoms with van der Waals surface area (Å²) in [5.74, 6) is 0.844. The second-order valence-corrected chi connectivity index (χ2v) is 5.44. The second kappa shape index (κ2) is 5.99. The van der Waals surface area contributed by atoms with Crippen LogP contribution in [0.4, 0.5) is 0 Å². The zero-order chi connectivity index (χ0) is 11.4. The van der Waals surface area contributed by atoms with E-state index >= 15 is 0 Å². The largest absolute Gasteiger partial charge is 0.377 e. The number of hydrogen-bond acceptors (Lipinski definition) is 3. The molecule has 3 heteroatoms. The molecule has 0 aromatic carbocycles. The fourth-order valence-corrected chi connectivity index (χ4v) is 3.25. The maximum absolute atomic E-state index is 5.68. The summed E-state index contributed by atoms with van der Waals surface area (Å²) in [5.41, 5.74) is 0. The fraction of sp³-hybridized carbons (Fsp3) is 1.00. The van der Waals surface area contributed by atoms with Crippen molar-refractivity contribution in [1.82, 2.24) is 10.2 Å². The average molecular weight is 226 g/mol. The third-order valence-electron chi connectivity index (χ3n) is 4.12. The van der Waals surface area contributed by atoms with E-state index in [9.17, 15) is 0 Å². The standard InChI is InChI=1S/C13H26N2O/c1-14-13-7-3-5-11(13)9-15(2)10-12-6-4-8-16-12/h11-14H,3-10H2,1-2H3. The van der Waals surface area contributed by atoms with Gasteiger partial charge in [-0.15, -0.1) is 0 Å². The predicted molar refractivity (Wildman–Crippen MR) is 66.7 cm³/mol. The molecule has 0 bridgehead atoms. The Morgan fingerprint density at radius 3 is 2.75 bits per heavy atom. The van der Waals surface area contributed by atoms with Gasteiger partial charge in [-0.25, -0.2) is 0 Å². The van der Waals surface area contributed by atoms with Gasteiger partial charge in [0.1, 0.15) is 0 Å². The highest BCUT2D eigenvalue weighted by atomic mass is 16.5. The van der Waals surface area contributed by atoms with Crippen LogP contribution >= 0.6 is 0 Å². The monoisotopic (exact) mass is 226 g/mol. The molecular weight excluding hydrogens is 200 g/mol. The van der Waals surface area contributed by atoms with Crippen molar-refractivity contribution in [2.75, 3.05) is 33.8 Å². The smallest absolute Gasteiger partial charge is 0.0702 e. The number of ether oxygens (including phenoxy) is 1. The Balaban J connectivity index is 1.71. The topological polar surface area (TPSA) is 24.5 Å². The minimum atomic E-state index is 0.499. The first kappa shape index (κ1) is 12.3. The van der Waals surface area contributed by atoms with Crippen molar-refractivity contribution in [2.24, 2.45) is 5.92 Å². The highest BCUT2D eigenvalue weighted by molar-refractivity contribution is 4.84. The SMILES string of the molecule is CNC1CCCC1CN(C)CC1CCCO1. The molecule has 1 aliphatic heterocycles. The zero-order valence-electron chi connectivity index (χ0n) is 10.7. The molecule has 0 radical (unpaired) electrons. The molecule has 2 rings (SSSR count). The van der Waals surface area contributed by atoms with E-state index in [1.807, 2.05) is 0 Å². The Morgan fingerprint density at radius 2 is 2.06 bits per heavy atom. The normalized spacial score (nSPS) is 35.1. The van der Waals surface area contributed by atoms with Gasteiger partial charge in [0.05, 0.1) is 6.10 Å². The average Bonchev–Trinajstić information content (AvgIpc) is 2.88. The summed E-state index contributed by atoms with van der Waals surface area (Å²) in [5, 5.41) is 3.46. The molecule has 1 saturated heterocycles. The minimum Gasteiger partial charge on any atom is -0.377 e. The lowest BCUT2D eigenvalue weighted by Gasteiger charge is -2.27. The van der Waals surface area contributed by atoms with Gasteiger partial charge in [0, 0.05) is 25.7 Å². The Bertz CT molecular complexity index is 204. The highest BCUT2D eigenvalue weighted by Gasteiger charge is 2.27. The molecule has 0 amide bonds. The Hall–Kier alpha value is -0.120. The fourth-order valence-electron chi connectivity index (χ4n) is 3.25. The number of nitrogens with zero attached hydrogens (tertiary/aromatic N) is 1. The van der Waals surface area contributed by atoms with Gasteiger partial charge >= 0.3 is 0 Å². The van der Waals surface area contributed by atoms with Gasteiger partial charge in [-0.3, -0.25) is 0 Å². The molecular formula is C13H26N2O. The number of likely N-dealkylation sites (N-methyl/N-ethyl adjacent to an activating group) is 1. The molecule has 3 nitrogen and oxygen atoms in total. The first-order valence-corrected chi connectivity index (χ1v) is 6.77. The quantitative estimate of drug-likeness (QED) is 0.768. The maximum atomic E-state index is 5.68. The molecule has 3 unspecified atom stereocenters. The van der Waals surface area contributed by atoms with Crippen LogP contribution in [0.1, 0.15) is 32.1 Å². The minimum absolute atomic E-state index is 0.499. The molecule has 2 aliphatic rings. The van der Waals surface area contributed by atoms with Crippen LogP contribution in [0.2, 0.25) is 0 Å².